The summed E-state index contributed by atoms with van der Waals surface area (Å²) in [4.78, 5) is 0.507. The first kappa shape index (κ1) is 27.0. The number of hydrogen-bond donors (Lipinski definition) is 3. The van der Waals surface area contributed by atoms with Gasteiger partial charge in [-0.3, -0.25) is 0 Å². The molecule has 190 valence electrons. The highest BCUT2D eigenvalue weighted by molar-refractivity contribution is 7.10. The summed E-state index contributed by atoms with van der Waals surface area (Å²) in [7, 11) is 0. The van der Waals surface area contributed by atoms with Crippen molar-refractivity contribution >= 4 is 11.3 Å². The van der Waals surface area contributed by atoms with Crippen LogP contribution in [0.1, 0.15) is 34.1 Å². The molecule has 11 heteroatoms. The second-order valence-electron chi connectivity index (χ2n) is 7.74. The minimum Gasteiger partial charge on any atom is -0.488 e. The minimum absolute atomic E-state index is 0.0420. The quantitative estimate of drug-likeness (QED) is 0.326. The Balaban J connectivity index is 1.99. The molecule has 1 aromatic heterocycles. The first-order valence-electron chi connectivity index (χ1n) is 10.4. The lowest BCUT2D eigenvalue weighted by molar-refractivity contribution is -0.376. The van der Waals surface area contributed by atoms with Gasteiger partial charge >= 0.3 is 12.4 Å². The predicted molar refractivity (Wildman–Crippen MR) is 118 cm³/mol. The van der Waals surface area contributed by atoms with Gasteiger partial charge < -0.3 is 20.1 Å². The van der Waals surface area contributed by atoms with Crippen LogP contribution in [0.2, 0.25) is 0 Å². The molecule has 2 aromatic carbocycles. The van der Waals surface area contributed by atoms with Crippen LogP contribution in [0, 0.1) is 0 Å². The van der Waals surface area contributed by atoms with E-state index in [-0.39, 0.29) is 42.9 Å². The fourth-order valence-corrected chi connectivity index (χ4v) is 4.55. The summed E-state index contributed by atoms with van der Waals surface area (Å²) >= 11 is 1.07. The van der Waals surface area contributed by atoms with Gasteiger partial charge in [0.1, 0.15) is 12.4 Å². The summed E-state index contributed by atoms with van der Waals surface area (Å²) < 4.78 is 87.9. The molecule has 0 radical (unpaired) electrons. The number of rotatable bonds is 8. The number of ether oxygens (including phenoxy) is 1. The lowest BCUT2D eigenvalue weighted by Crippen LogP contribution is -2.54. The first-order chi connectivity index (χ1) is 16.4. The second-order valence-corrected chi connectivity index (χ2v) is 8.73. The number of alkyl halides is 6. The van der Waals surface area contributed by atoms with Gasteiger partial charge in [-0.25, -0.2) is 0 Å². The minimum atomic E-state index is -6.00. The third kappa shape index (κ3) is 5.18. The molecule has 1 heterocycles. The summed E-state index contributed by atoms with van der Waals surface area (Å²) in [5, 5.41) is 30.2. The van der Waals surface area contributed by atoms with E-state index in [0.29, 0.717) is 21.8 Å². The van der Waals surface area contributed by atoms with Crippen LogP contribution >= 0.6 is 11.3 Å². The normalized spacial score (nSPS) is 12.7. The number of thiophene rings is 1. The molecule has 0 saturated carbocycles. The average Bonchev–Trinajstić information content (AvgIpc) is 3.28. The molecule has 0 aliphatic carbocycles. The van der Waals surface area contributed by atoms with Crippen molar-refractivity contribution in [2.45, 2.75) is 51.1 Å². The van der Waals surface area contributed by atoms with E-state index in [1.165, 1.54) is 30.5 Å². The topological polar surface area (TPSA) is 69.9 Å². The molecule has 0 aliphatic heterocycles. The third-order valence-electron chi connectivity index (χ3n) is 5.58. The Labute approximate surface area is 201 Å². The lowest BCUT2D eigenvalue weighted by Gasteiger charge is -2.35. The van der Waals surface area contributed by atoms with Crippen molar-refractivity contribution in [3.8, 4) is 16.9 Å². The standard InChI is InChI=1S/C24H22F6O4S/c1-2-14-4-3-5-20(21(14)22(33,23(25,26)27)24(28,29)30)17-9-19(35-13-17)12-34-18-7-6-15(10-31)16(8-18)11-32/h3-9,13,31-33H,2,10-12H2,1H3. The maximum atomic E-state index is 13.7. The lowest BCUT2D eigenvalue weighted by atomic mass is 9.82. The fraction of sp³-hybridized carbons (Fsp3) is 0.333. The number of aliphatic hydroxyl groups excluding tert-OH is 2. The van der Waals surface area contributed by atoms with Crippen molar-refractivity contribution in [3.63, 3.8) is 0 Å². The molecule has 0 amide bonds. The Hall–Kier alpha value is -2.60. The number of benzene rings is 2. The van der Waals surface area contributed by atoms with Gasteiger partial charge in [0, 0.05) is 10.4 Å². The zero-order valence-corrected chi connectivity index (χ0v) is 19.2. The second kappa shape index (κ2) is 10.2. The Kier molecular flexibility index (Phi) is 7.85. The molecule has 0 saturated heterocycles. The summed E-state index contributed by atoms with van der Waals surface area (Å²) in [6.07, 6.45) is -12.2. The SMILES string of the molecule is CCc1cccc(-c2csc(COc3ccc(CO)c(CO)c3)c2)c1C(O)(C(F)(F)F)C(F)(F)F. The van der Waals surface area contributed by atoms with E-state index >= 15 is 0 Å². The monoisotopic (exact) mass is 520 g/mol. The highest BCUT2D eigenvalue weighted by Gasteiger charge is 2.72. The molecule has 0 spiro atoms. The largest absolute Gasteiger partial charge is 0.488 e. The van der Waals surface area contributed by atoms with Gasteiger partial charge in [0.2, 0.25) is 0 Å². The van der Waals surface area contributed by atoms with Crippen LogP contribution in [0.25, 0.3) is 11.1 Å². The van der Waals surface area contributed by atoms with Crippen LogP contribution in [-0.2, 0) is 31.8 Å². The summed E-state index contributed by atoms with van der Waals surface area (Å²) in [6, 6.07) is 9.66. The molecular formula is C24H22F6O4S. The van der Waals surface area contributed by atoms with Crippen LogP contribution in [-0.4, -0.2) is 27.7 Å². The van der Waals surface area contributed by atoms with Gasteiger partial charge in [-0.05, 0) is 57.8 Å². The number of aliphatic hydroxyl groups is 3. The number of aryl methyl sites for hydroxylation is 1. The molecule has 0 atom stereocenters. The highest BCUT2D eigenvalue weighted by Crippen LogP contribution is 2.53. The van der Waals surface area contributed by atoms with Crippen LogP contribution in [0.4, 0.5) is 26.3 Å². The molecule has 3 aromatic rings. The Bertz CT molecular complexity index is 1160. The summed E-state index contributed by atoms with van der Waals surface area (Å²) in [5.74, 6) is 0.360. The zero-order valence-electron chi connectivity index (χ0n) is 18.4. The molecule has 35 heavy (non-hydrogen) atoms. The molecule has 0 bridgehead atoms. The van der Waals surface area contributed by atoms with E-state index in [1.807, 2.05) is 0 Å². The van der Waals surface area contributed by atoms with E-state index in [0.717, 1.165) is 23.5 Å². The summed E-state index contributed by atoms with van der Waals surface area (Å²) in [5.41, 5.74) is -5.88. The van der Waals surface area contributed by atoms with E-state index in [4.69, 9.17) is 4.74 Å². The van der Waals surface area contributed by atoms with Crippen LogP contribution in [0.3, 0.4) is 0 Å². The maximum Gasteiger partial charge on any atom is 0.430 e. The first-order valence-corrected chi connectivity index (χ1v) is 11.3. The molecule has 0 unspecified atom stereocenters. The smallest absolute Gasteiger partial charge is 0.430 e. The van der Waals surface area contributed by atoms with Crippen LogP contribution < -0.4 is 4.74 Å². The van der Waals surface area contributed by atoms with Crippen molar-refractivity contribution in [1.82, 2.24) is 0 Å². The molecule has 4 nitrogen and oxygen atoms in total. The van der Waals surface area contributed by atoms with Crippen molar-refractivity contribution in [3.05, 3.63) is 75.0 Å². The van der Waals surface area contributed by atoms with E-state index in [2.05, 4.69) is 0 Å². The van der Waals surface area contributed by atoms with E-state index in [1.54, 1.807) is 12.1 Å². The van der Waals surface area contributed by atoms with Gasteiger partial charge in [-0.1, -0.05) is 31.2 Å². The Morgan fingerprint density at radius 2 is 1.51 bits per heavy atom. The molecule has 0 fully saturated rings. The van der Waals surface area contributed by atoms with Crippen LogP contribution in [0.15, 0.2) is 47.8 Å². The van der Waals surface area contributed by atoms with Gasteiger partial charge in [-0.2, -0.15) is 26.3 Å². The predicted octanol–water partition coefficient (Wildman–Crippen LogP) is 5.85. The molecular weight excluding hydrogens is 498 g/mol. The van der Waals surface area contributed by atoms with Gasteiger partial charge in [-0.15, -0.1) is 11.3 Å². The van der Waals surface area contributed by atoms with Gasteiger partial charge in [0.25, 0.3) is 5.60 Å². The van der Waals surface area contributed by atoms with E-state index in [9.17, 15) is 41.7 Å². The number of hydrogen-bond acceptors (Lipinski definition) is 5. The maximum absolute atomic E-state index is 13.7. The zero-order chi connectivity index (χ0) is 26.0. The van der Waals surface area contributed by atoms with Crippen molar-refractivity contribution in [2.24, 2.45) is 0 Å². The van der Waals surface area contributed by atoms with Gasteiger partial charge in [0.15, 0.2) is 0 Å². The fourth-order valence-electron chi connectivity index (χ4n) is 3.75. The van der Waals surface area contributed by atoms with Crippen molar-refractivity contribution in [1.29, 1.82) is 0 Å². The molecule has 3 N–H and O–H groups in total. The Morgan fingerprint density at radius 3 is 2.09 bits per heavy atom. The number of halogens is 6. The third-order valence-corrected chi connectivity index (χ3v) is 6.49. The Morgan fingerprint density at radius 1 is 0.857 bits per heavy atom. The van der Waals surface area contributed by atoms with Crippen molar-refractivity contribution in [2.75, 3.05) is 0 Å². The van der Waals surface area contributed by atoms with Gasteiger partial charge in [0.05, 0.1) is 13.2 Å². The van der Waals surface area contributed by atoms with Crippen LogP contribution in [0.5, 0.6) is 5.75 Å². The molecule has 3 rings (SSSR count). The summed E-state index contributed by atoms with van der Waals surface area (Å²) in [6.45, 7) is 0.769. The molecule has 0 aliphatic rings. The average molecular weight is 520 g/mol. The van der Waals surface area contributed by atoms with E-state index < -0.39 is 23.5 Å². The highest BCUT2D eigenvalue weighted by atomic mass is 32.1. The van der Waals surface area contributed by atoms with Crippen molar-refractivity contribution < 1.29 is 46.4 Å².